The van der Waals surface area contributed by atoms with Gasteiger partial charge in [-0.15, -0.1) is 0 Å². The largest absolute Gasteiger partial charge is 0.356 e. The third-order valence-corrected chi connectivity index (χ3v) is 5.27. The van der Waals surface area contributed by atoms with Crippen molar-refractivity contribution >= 4 is 28.3 Å². The first-order valence-corrected chi connectivity index (χ1v) is 8.91. The van der Waals surface area contributed by atoms with Gasteiger partial charge in [0.1, 0.15) is 11.6 Å². The van der Waals surface area contributed by atoms with E-state index in [1.165, 1.54) is 44.9 Å². The number of anilines is 1. The Morgan fingerprint density at radius 3 is 2.50 bits per heavy atom. The number of halogens is 1. The Kier molecular flexibility index (Phi) is 3.91. The van der Waals surface area contributed by atoms with E-state index in [1.807, 2.05) is 18.2 Å². The van der Waals surface area contributed by atoms with Crippen molar-refractivity contribution in [2.45, 2.75) is 50.9 Å². The summed E-state index contributed by atoms with van der Waals surface area (Å²) in [5, 5.41) is 1.87. The van der Waals surface area contributed by atoms with Crippen LogP contribution < -0.4 is 4.90 Å². The van der Waals surface area contributed by atoms with Crippen molar-refractivity contribution < 1.29 is 0 Å². The lowest BCUT2D eigenvalue weighted by Gasteiger charge is -2.24. The SMILES string of the molecule is Clc1ccc2nc(C3CCCCC3)nc(N3CCCC3)c2c1. The van der Waals surface area contributed by atoms with Crippen LogP contribution in [0.3, 0.4) is 0 Å². The topological polar surface area (TPSA) is 29.0 Å². The highest BCUT2D eigenvalue weighted by Crippen LogP contribution is 2.35. The molecule has 0 N–H and O–H groups in total. The summed E-state index contributed by atoms with van der Waals surface area (Å²) in [6.07, 6.45) is 8.96. The van der Waals surface area contributed by atoms with Crippen LogP contribution in [0, 0.1) is 0 Å². The first kappa shape index (κ1) is 14.3. The van der Waals surface area contributed by atoms with E-state index in [-0.39, 0.29) is 0 Å². The molecule has 1 aromatic heterocycles. The lowest BCUT2D eigenvalue weighted by molar-refractivity contribution is 0.429. The Morgan fingerprint density at radius 2 is 1.73 bits per heavy atom. The molecule has 0 bridgehead atoms. The zero-order valence-corrected chi connectivity index (χ0v) is 13.6. The molecule has 0 radical (unpaired) electrons. The Morgan fingerprint density at radius 1 is 0.955 bits per heavy atom. The van der Waals surface area contributed by atoms with Gasteiger partial charge in [-0.3, -0.25) is 0 Å². The van der Waals surface area contributed by atoms with Crippen LogP contribution in [-0.2, 0) is 0 Å². The Hall–Kier alpha value is -1.35. The highest BCUT2D eigenvalue weighted by Gasteiger charge is 2.23. The zero-order valence-electron chi connectivity index (χ0n) is 12.9. The monoisotopic (exact) mass is 315 g/mol. The molecule has 2 heterocycles. The van der Waals surface area contributed by atoms with E-state index in [0.717, 1.165) is 40.7 Å². The summed E-state index contributed by atoms with van der Waals surface area (Å²) in [5.41, 5.74) is 1.04. The van der Waals surface area contributed by atoms with E-state index in [9.17, 15) is 0 Å². The number of rotatable bonds is 2. The number of aromatic nitrogens is 2. The molecule has 116 valence electrons. The van der Waals surface area contributed by atoms with Gasteiger partial charge in [0.05, 0.1) is 5.52 Å². The molecule has 0 spiro atoms. The number of hydrogen-bond donors (Lipinski definition) is 0. The average molecular weight is 316 g/mol. The quantitative estimate of drug-likeness (QED) is 0.786. The van der Waals surface area contributed by atoms with Gasteiger partial charge in [0.15, 0.2) is 0 Å². The molecule has 22 heavy (non-hydrogen) atoms. The normalized spacial score (nSPS) is 20.0. The molecule has 1 saturated heterocycles. The predicted molar refractivity (Wildman–Crippen MR) is 91.8 cm³/mol. The second-order valence-corrected chi connectivity index (χ2v) is 7.03. The second-order valence-electron chi connectivity index (χ2n) is 6.60. The Bertz CT molecular complexity index is 673. The van der Waals surface area contributed by atoms with Crippen LogP contribution in [0.2, 0.25) is 5.02 Å². The van der Waals surface area contributed by atoms with Gasteiger partial charge in [-0.1, -0.05) is 30.9 Å². The van der Waals surface area contributed by atoms with Crippen molar-refractivity contribution in [1.29, 1.82) is 0 Å². The summed E-state index contributed by atoms with van der Waals surface area (Å²) in [6.45, 7) is 2.20. The lowest BCUT2D eigenvalue weighted by atomic mass is 9.88. The lowest BCUT2D eigenvalue weighted by Crippen LogP contribution is -2.21. The van der Waals surface area contributed by atoms with Gasteiger partial charge >= 0.3 is 0 Å². The third kappa shape index (κ3) is 2.67. The van der Waals surface area contributed by atoms with Crippen molar-refractivity contribution in [3.05, 3.63) is 29.0 Å². The van der Waals surface area contributed by atoms with Crippen LogP contribution in [0.1, 0.15) is 56.7 Å². The van der Waals surface area contributed by atoms with Crippen molar-refractivity contribution in [3.8, 4) is 0 Å². The molecule has 4 rings (SSSR count). The first-order chi connectivity index (χ1) is 10.8. The highest BCUT2D eigenvalue weighted by atomic mass is 35.5. The van der Waals surface area contributed by atoms with Crippen LogP contribution >= 0.6 is 11.6 Å². The molecule has 2 aliphatic rings. The first-order valence-electron chi connectivity index (χ1n) is 8.53. The Labute approximate surface area is 136 Å². The van der Waals surface area contributed by atoms with Gasteiger partial charge in [-0.05, 0) is 43.9 Å². The van der Waals surface area contributed by atoms with E-state index in [4.69, 9.17) is 21.6 Å². The molecule has 0 atom stereocenters. The standard InChI is InChI=1S/C18H22ClN3/c19-14-8-9-16-15(12-14)18(22-10-4-5-11-22)21-17(20-16)13-6-2-1-3-7-13/h8-9,12-13H,1-7,10-11H2. The van der Waals surface area contributed by atoms with Crippen molar-refractivity contribution in [2.24, 2.45) is 0 Å². The molecular weight excluding hydrogens is 294 g/mol. The van der Waals surface area contributed by atoms with Gasteiger partial charge in [-0.2, -0.15) is 0 Å². The molecule has 1 aromatic carbocycles. The number of fused-ring (bicyclic) bond motifs is 1. The fourth-order valence-electron chi connectivity index (χ4n) is 3.82. The minimum Gasteiger partial charge on any atom is -0.356 e. The van der Waals surface area contributed by atoms with Crippen molar-refractivity contribution in [2.75, 3.05) is 18.0 Å². The van der Waals surface area contributed by atoms with Crippen molar-refractivity contribution in [1.82, 2.24) is 9.97 Å². The summed E-state index contributed by atoms with van der Waals surface area (Å²) in [4.78, 5) is 12.3. The molecular formula is C18H22ClN3. The van der Waals surface area contributed by atoms with E-state index in [1.54, 1.807) is 0 Å². The number of hydrogen-bond acceptors (Lipinski definition) is 3. The summed E-state index contributed by atoms with van der Waals surface area (Å²) < 4.78 is 0. The summed E-state index contributed by atoms with van der Waals surface area (Å²) in [5.74, 6) is 2.69. The maximum absolute atomic E-state index is 6.21. The minimum atomic E-state index is 0.537. The molecule has 3 nitrogen and oxygen atoms in total. The molecule has 2 fully saturated rings. The molecule has 4 heteroatoms. The summed E-state index contributed by atoms with van der Waals surface area (Å²) in [6, 6.07) is 6.01. The van der Waals surface area contributed by atoms with Crippen LogP contribution in [-0.4, -0.2) is 23.1 Å². The molecule has 1 aliphatic heterocycles. The fraction of sp³-hybridized carbons (Fsp3) is 0.556. The van der Waals surface area contributed by atoms with Gasteiger partial charge in [-0.25, -0.2) is 9.97 Å². The molecule has 1 saturated carbocycles. The zero-order chi connectivity index (χ0) is 14.9. The van der Waals surface area contributed by atoms with E-state index in [2.05, 4.69) is 4.90 Å². The van der Waals surface area contributed by atoms with E-state index < -0.39 is 0 Å². The third-order valence-electron chi connectivity index (χ3n) is 5.03. The number of nitrogens with zero attached hydrogens (tertiary/aromatic N) is 3. The summed E-state index contributed by atoms with van der Waals surface area (Å²) >= 11 is 6.21. The highest BCUT2D eigenvalue weighted by molar-refractivity contribution is 6.31. The molecule has 2 aromatic rings. The van der Waals surface area contributed by atoms with Crippen LogP contribution in [0.4, 0.5) is 5.82 Å². The van der Waals surface area contributed by atoms with Crippen LogP contribution in [0.25, 0.3) is 10.9 Å². The van der Waals surface area contributed by atoms with Crippen molar-refractivity contribution in [3.63, 3.8) is 0 Å². The van der Waals surface area contributed by atoms with Gasteiger partial charge in [0.25, 0.3) is 0 Å². The van der Waals surface area contributed by atoms with Crippen LogP contribution in [0.15, 0.2) is 18.2 Å². The van der Waals surface area contributed by atoms with Gasteiger partial charge in [0, 0.05) is 29.4 Å². The molecule has 1 aliphatic carbocycles. The Balaban J connectivity index is 1.83. The average Bonchev–Trinajstić information content (AvgIpc) is 3.09. The van der Waals surface area contributed by atoms with Gasteiger partial charge in [0.2, 0.25) is 0 Å². The predicted octanol–water partition coefficient (Wildman–Crippen LogP) is 4.93. The fourth-order valence-corrected chi connectivity index (χ4v) is 3.99. The number of benzene rings is 1. The van der Waals surface area contributed by atoms with Gasteiger partial charge < -0.3 is 4.90 Å². The maximum Gasteiger partial charge on any atom is 0.140 e. The molecule has 0 amide bonds. The smallest absolute Gasteiger partial charge is 0.140 e. The summed E-state index contributed by atoms with van der Waals surface area (Å²) in [7, 11) is 0. The van der Waals surface area contributed by atoms with E-state index >= 15 is 0 Å². The minimum absolute atomic E-state index is 0.537. The maximum atomic E-state index is 6.21. The van der Waals surface area contributed by atoms with E-state index in [0.29, 0.717) is 5.92 Å². The second kappa shape index (κ2) is 6.04. The van der Waals surface area contributed by atoms with Crippen LogP contribution in [0.5, 0.6) is 0 Å². The molecule has 0 unspecified atom stereocenters.